The third-order valence-corrected chi connectivity index (χ3v) is 3.83. The lowest BCUT2D eigenvalue weighted by Crippen LogP contribution is -2.17. The second-order valence-electron chi connectivity index (χ2n) is 4.40. The molecule has 0 bridgehead atoms. The van der Waals surface area contributed by atoms with Gasteiger partial charge >= 0.3 is 0 Å². The molecule has 0 heterocycles. The van der Waals surface area contributed by atoms with E-state index >= 15 is 0 Å². The minimum atomic E-state index is 0.0699. The van der Waals surface area contributed by atoms with E-state index in [2.05, 4.69) is 17.4 Å². The molecule has 0 aromatic heterocycles. The Morgan fingerprint density at radius 1 is 1.00 bits per heavy atom. The van der Waals surface area contributed by atoms with Gasteiger partial charge in [-0.2, -0.15) is 0 Å². The van der Waals surface area contributed by atoms with Gasteiger partial charge in [-0.3, -0.25) is 0 Å². The quantitative estimate of drug-likeness (QED) is 0.864. The van der Waals surface area contributed by atoms with Crippen LogP contribution in [0.3, 0.4) is 0 Å². The summed E-state index contributed by atoms with van der Waals surface area (Å²) in [6.07, 6.45) is 0. The molecule has 0 aliphatic heterocycles. The van der Waals surface area contributed by atoms with Gasteiger partial charge < -0.3 is 10.1 Å². The molecule has 0 saturated heterocycles. The lowest BCUT2D eigenvalue weighted by molar-refractivity contribution is 0.340. The summed E-state index contributed by atoms with van der Waals surface area (Å²) >= 11 is 12.1. The fraction of sp³-hybridized carbons (Fsp3) is 0.250. The minimum absolute atomic E-state index is 0.0699. The zero-order valence-electron chi connectivity index (χ0n) is 11.5. The van der Waals surface area contributed by atoms with Gasteiger partial charge in [-0.05, 0) is 49.4 Å². The molecule has 0 amide bonds. The molecule has 2 aromatic rings. The summed E-state index contributed by atoms with van der Waals surface area (Å²) in [7, 11) is 1.92. The van der Waals surface area contributed by atoms with E-state index in [0.29, 0.717) is 16.7 Å². The maximum Gasteiger partial charge on any atom is 0.119 e. The van der Waals surface area contributed by atoms with Crippen LogP contribution in [-0.2, 0) is 0 Å². The molecule has 0 radical (unpaired) electrons. The zero-order valence-corrected chi connectivity index (χ0v) is 13.0. The van der Waals surface area contributed by atoms with Gasteiger partial charge in [-0.25, -0.2) is 0 Å². The summed E-state index contributed by atoms with van der Waals surface area (Å²) in [4.78, 5) is 0. The third kappa shape index (κ3) is 3.45. The second kappa shape index (κ2) is 6.98. The van der Waals surface area contributed by atoms with E-state index in [4.69, 9.17) is 27.9 Å². The summed E-state index contributed by atoms with van der Waals surface area (Å²) in [6, 6.07) is 13.8. The van der Waals surface area contributed by atoms with Crippen LogP contribution in [0.25, 0.3) is 0 Å². The predicted octanol–water partition coefficient (Wildman–Crippen LogP) is 4.70. The summed E-state index contributed by atoms with van der Waals surface area (Å²) in [5, 5.41) is 4.42. The molecule has 4 heteroatoms. The van der Waals surface area contributed by atoms with Crippen molar-refractivity contribution in [2.45, 2.75) is 13.0 Å². The van der Waals surface area contributed by atoms with Gasteiger partial charge in [0.25, 0.3) is 0 Å². The lowest BCUT2D eigenvalue weighted by atomic mass is 9.99. The molecule has 0 spiro atoms. The third-order valence-electron chi connectivity index (χ3n) is 3.09. The highest BCUT2D eigenvalue weighted by Crippen LogP contribution is 2.29. The first-order valence-electron chi connectivity index (χ1n) is 6.50. The van der Waals surface area contributed by atoms with Crippen molar-refractivity contribution < 1.29 is 4.74 Å². The van der Waals surface area contributed by atoms with Gasteiger partial charge in [0.15, 0.2) is 0 Å². The van der Waals surface area contributed by atoms with Gasteiger partial charge in [0.2, 0.25) is 0 Å². The van der Waals surface area contributed by atoms with Gasteiger partial charge in [0.1, 0.15) is 5.75 Å². The van der Waals surface area contributed by atoms with Crippen LogP contribution in [0.2, 0.25) is 10.0 Å². The topological polar surface area (TPSA) is 21.3 Å². The Bertz CT molecular complexity index is 569. The fourth-order valence-electron chi connectivity index (χ4n) is 2.14. The monoisotopic (exact) mass is 309 g/mol. The highest BCUT2D eigenvalue weighted by molar-refractivity contribution is 6.42. The van der Waals surface area contributed by atoms with E-state index in [1.807, 2.05) is 44.3 Å². The number of hydrogen-bond acceptors (Lipinski definition) is 2. The molecule has 0 fully saturated rings. The van der Waals surface area contributed by atoms with E-state index < -0.39 is 0 Å². The Balaban J connectivity index is 2.29. The largest absolute Gasteiger partial charge is 0.494 e. The van der Waals surface area contributed by atoms with E-state index in [9.17, 15) is 0 Å². The van der Waals surface area contributed by atoms with Crippen molar-refractivity contribution in [3.63, 3.8) is 0 Å². The highest BCUT2D eigenvalue weighted by Gasteiger charge is 2.13. The molecule has 0 saturated carbocycles. The summed E-state index contributed by atoms with van der Waals surface area (Å²) in [6.45, 7) is 2.64. The standard InChI is InChI=1S/C16H17Cl2NO/c1-3-20-13-7-4-11(5-8-13)16(19-2)12-6-9-14(17)15(18)10-12/h4-10,16,19H,3H2,1-2H3. The highest BCUT2D eigenvalue weighted by atomic mass is 35.5. The normalized spacial score (nSPS) is 12.2. The average molecular weight is 310 g/mol. The first-order valence-corrected chi connectivity index (χ1v) is 7.26. The fourth-order valence-corrected chi connectivity index (χ4v) is 2.45. The van der Waals surface area contributed by atoms with E-state index in [0.717, 1.165) is 16.9 Å². The Morgan fingerprint density at radius 2 is 1.65 bits per heavy atom. The molecule has 1 atom stereocenters. The molecule has 2 aromatic carbocycles. The smallest absolute Gasteiger partial charge is 0.119 e. The number of nitrogens with one attached hydrogen (secondary N) is 1. The van der Waals surface area contributed by atoms with E-state index in [1.54, 1.807) is 0 Å². The number of hydrogen-bond donors (Lipinski definition) is 1. The van der Waals surface area contributed by atoms with Crippen LogP contribution in [0.1, 0.15) is 24.1 Å². The maximum atomic E-state index is 6.09. The Kier molecular flexibility index (Phi) is 5.30. The van der Waals surface area contributed by atoms with Crippen molar-refractivity contribution in [1.29, 1.82) is 0 Å². The van der Waals surface area contributed by atoms with E-state index in [-0.39, 0.29) is 6.04 Å². The molecular formula is C16H17Cl2NO. The van der Waals surface area contributed by atoms with Crippen LogP contribution in [0.4, 0.5) is 0 Å². The molecule has 0 aliphatic rings. The van der Waals surface area contributed by atoms with Crippen molar-refractivity contribution in [3.05, 3.63) is 63.6 Å². The van der Waals surface area contributed by atoms with Crippen LogP contribution in [0, 0.1) is 0 Å². The number of ether oxygens (including phenoxy) is 1. The zero-order chi connectivity index (χ0) is 14.5. The maximum absolute atomic E-state index is 6.09. The molecule has 0 aliphatic carbocycles. The van der Waals surface area contributed by atoms with Crippen LogP contribution in [-0.4, -0.2) is 13.7 Å². The van der Waals surface area contributed by atoms with Gasteiger partial charge in [0.05, 0.1) is 22.7 Å². The van der Waals surface area contributed by atoms with Crippen LogP contribution in [0.5, 0.6) is 5.75 Å². The van der Waals surface area contributed by atoms with Crippen molar-refractivity contribution in [1.82, 2.24) is 5.32 Å². The average Bonchev–Trinajstić information content (AvgIpc) is 2.46. The van der Waals surface area contributed by atoms with Crippen molar-refractivity contribution in [3.8, 4) is 5.75 Å². The lowest BCUT2D eigenvalue weighted by Gasteiger charge is -2.18. The summed E-state index contributed by atoms with van der Waals surface area (Å²) < 4.78 is 5.46. The summed E-state index contributed by atoms with van der Waals surface area (Å²) in [5.74, 6) is 0.875. The van der Waals surface area contributed by atoms with Crippen LogP contribution < -0.4 is 10.1 Å². The number of halogens is 2. The number of rotatable bonds is 5. The second-order valence-corrected chi connectivity index (χ2v) is 5.21. The minimum Gasteiger partial charge on any atom is -0.494 e. The van der Waals surface area contributed by atoms with Gasteiger partial charge in [0, 0.05) is 0 Å². The molecule has 1 unspecified atom stereocenters. The Hall–Kier alpha value is -1.22. The molecule has 20 heavy (non-hydrogen) atoms. The van der Waals surface area contributed by atoms with Gasteiger partial charge in [-0.15, -0.1) is 0 Å². The molecular weight excluding hydrogens is 293 g/mol. The Labute approximate surface area is 129 Å². The first-order chi connectivity index (χ1) is 9.65. The van der Waals surface area contributed by atoms with Crippen LogP contribution >= 0.6 is 23.2 Å². The van der Waals surface area contributed by atoms with Crippen molar-refractivity contribution in [2.75, 3.05) is 13.7 Å². The first kappa shape index (κ1) is 15.2. The van der Waals surface area contributed by atoms with Crippen LogP contribution in [0.15, 0.2) is 42.5 Å². The van der Waals surface area contributed by atoms with Gasteiger partial charge in [-0.1, -0.05) is 41.4 Å². The number of benzene rings is 2. The Morgan fingerprint density at radius 3 is 2.20 bits per heavy atom. The van der Waals surface area contributed by atoms with E-state index in [1.165, 1.54) is 0 Å². The molecule has 106 valence electrons. The predicted molar refractivity (Wildman–Crippen MR) is 85.0 cm³/mol. The van der Waals surface area contributed by atoms with Crippen molar-refractivity contribution in [2.24, 2.45) is 0 Å². The molecule has 2 nitrogen and oxygen atoms in total. The molecule has 2 rings (SSSR count). The molecule has 1 N–H and O–H groups in total. The SMILES string of the molecule is CCOc1ccc(C(NC)c2ccc(Cl)c(Cl)c2)cc1. The van der Waals surface area contributed by atoms with Crippen molar-refractivity contribution >= 4 is 23.2 Å². The summed E-state index contributed by atoms with van der Waals surface area (Å²) in [5.41, 5.74) is 2.22.